The molecule has 3 saturated heterocycles. The minimum atomic E-state index is 0.0900. The predicted molar refractivity (Wildman–Crippen MR) is 88.6 cm³/mol. The summed E-state index contributed by atoms with van der Waals surface area (Å²) in [6, 6.07) is 6.26. The Hall–Kier alpha value is -1.40. The number of aromatic nitrogens is 2. The highest BCUT2D eigenvalue weighted by atomic mass is 79.9. The van der Waals surface area contributed by atoms with Crippen molar-refractivity contribution in [2.45, 2.75) is 25.3 Å². The summed E-state index contributed by atoms with van der Waals surface area (Å²) in [5.74, 6) is 0.746. The van der Waals surface area contributed by atoms with Gasteiger partial charge in [0.1, 0.15) is 0 Å². The minimum Gasteiger partial charge on any atom is -0.351 e. The summed E-state index contributed by atoms with van der Waals surface area (Å²) < 4.78 is 0.995. The van der Waals surface area contributed by atoms with Crippen LogP contribution in [0.3, 0.4) is 0 Å². The first kappa shape index (κ1) is 14.2. The van der Waals surface area contributed by atoms with Gasteiger partial charge in [-0.15, -0.1) is 0 Å². The van der Waals surface area contributed by atoms with Crippen LogP contribution in [0.25, 0.3) is 10.9 Å². The number of hydrogen-bond acceptors (Lipinski definition) is 3. The zero-order valence-electron chi connectivity index (χ0n) is 12.3. The molecule has 3 aliphatic heterocycles. The van der Waals surface area contributed by atoms with Gasteiger partial charge >= 0.3 is 0 Å². The number of rotatable bonds is 3. The number of halogens is 1. The molecule has 6 heteroatoms. The van der Waals surface area contributed by atoms with Crippen LogP contribution >= 0.6 is 15.9 Å². The lowest BCUT2D eigenvalue weighted by molar-refractivity contribution is -0.122. The van der Waals surface area contributed by atoms with Crippen molar-refractivity contribution in [3.63, 3.8) is 0 Å². The standard InChI is InChI=1S/C16H19BrN4O/c17-11-1-2-12-13(7-11)19-20-14(12)8-16(22)18-15-9-21-5-3-10(15)4-6-21/h1-2,7,10,15H,3-6,8-9H2,(H,18,22)(H,19,20)/t15-/m0/s1. The maximum absolute atomic E-state index is 12.4. The second kappa shape index (κ2) is 5.66. The Kier molecular flexibility index (Phi) is 3.66. The van der Waals surface area contributed by atoms with Crippen molar-refractivity contribution in [3.8, 4) is 0 Å². The highest BCUT2D eigenvalue weighted by molar-refractivity contribution is 9.10. The van der Waals surface area contributed by atoms with E-state index in [2.05, 4.69) is 36.3 Å². The Morgan fingerprint density at radius 3 is 2.95 bits per heavy atom. The van der Waals surface area contributed by atoms with E-state index in [1.54, 1.807) is 0 Å². The van der Waals surface area contributed by atoms with Gasteiger partial charge < -0.3 is 10.2 Å². The number of benzene rings is 1. The molecule has 116 valence electrons. The van der Waals surface area contributed by atoms with Crippen LogP contribution < -0.4 is 5.32 Å². The molecule has 22 heavy (non-hydrogen) atoms. The van der Waals surface area contributed by atoms with E-state index in [1.807, 2.05) is 18.2 Å². The Balaban J connectivity index is 1.45. The van der Waals surface area contributed by atoms with Gasteiger partial charge in [-0.05, 0) is 50.0 Å². The lowest BCUT2D eigenvalue weighted by Gasteiger charge is -2.44. The molecule has 1 amide bonds. The number of piperidine rings is 3. The van der Waals surface area contributed by atoms with Gasteiger partial charge in [0.25, 0.3) is 0 Å². The third-order valence-corrected chi connectivity index (χ3v) is 5.43. The maximum Gasteiger partial charge on any atom is 0.226 e. The molecule has 0 aliphatic carbocycles. The SMILES string of the molecule is O=C(Cc1[nH]nc2cc(Br)ccc12)N[C@H]1CN2CCC1CC2. The van der Waals surface area contributed by atoms with Crippen LogP contribution in [0.5, 0.6) is 0 Å². The van der Waals surface area contributed by atoms with Crippen LogP contribution in [0.15, 0.2) is 22.7 Å². The number of fused-ring (bicyclic) bond motifs is 4. The number of nitrogens with zero attached hydrogens (tertiary/aromatic N) is 2. The van der Waals surface area contributed by atoms with Crippen molar-refractivity contribution >= 4 is 32.7 Å². The average Bonchev–Trinajstić information content (AvgIpc) is 2.90. The van der Waals surface area contributed by atoms with E-state index >= 15 is 0 Å². The van der Waals surface area contributed by atoms with Crippen LogP contribution in [0, 0.1) is 5.92 Å². The van der Waals surface area contributed by atoms with Crippen molar-refractivity contribution in [1.29, 1.82) is 0 Å². The molecule has 0 radical (unpaired) electrons. The second-order valence-corrected chi connectivity index (χ2v) is 7.27. The van der Waals surface area contributed by atoms with Gasteiger partial charge in [-0.2, -0.15) is 5.10 Å². The molecule has 0 unspecified atom stereocenters. The molecular formula is C16H19BrN4O. The Morgan fingerprint density at radius 2 is 2.23 bits per heavy atom. The van der Waals surface area contributed by atoms with Gasteiger partial charge in [0.15, 0.2) is 0 Å². The molecule has 0 spiro atoms. The van der Waals surface area contributed by atoms with E-state index in [4.69, 9.17) is 0 Å². The van der Waals surface area contributed by atoms with Gasteiger partial charge in [-0.1, -0.05) is 15.9 Å². The van der Waals surface area contributed by atoms with E-state index in [9.17, 15) is 4.79 Å². The van der Waals surface area contributed by atoms with Crippen LogP contribution in [0.4, 0.5) is 0 Å². The number of carbonyl (C=O) groups is 1. The molecule has 5 nitrogen and oxygen atoms in total. The first-order valence-electron chi connectivity index (χ1n) is 7.83. The zero-order chi connectivity index (χ0) is 15.1. The molecule has 2 bridgehead atoms. The van der Waals surface area contributed by atoms with E-state index in [0.717, 1.165) is 27.6 Å². The van der Waals surface area contributed by atoms with Gasteiger partial charge in [-0.3, -0.25) is 9.89 Å². The molecule has 1 aromatic heterocycles. The predicted octanol–water partition coefficient (Wildman–Crippen LogP) is 2.08. The molecule has 5 rings (SSSR count). The number of amides is 1. The lowest BCUT2D eigenvalue weighted by atomic mass is 9.84. The Bertz CT molecular complexity index is 705. The van der Waals surface area contributed by atoms with Gasteiger partial charge in [0, 0.05) is 22.4 Å². The Morgan fingerprint density at radius 1 is 1.41 bits per heavy atom. The molecule has 3 fully saturated rings. The van der Waals surface area contributed by atoms with Crippen LogP contribution in [-0.4, -0.2) is 46.7 Å². The van der Waals surface area contributed by atoms with E-state index in [1.165, 1.54) is 25.9 Å². The number of H-pyrrole nitrogens is 1. The largest absolute Gasteiger partial charge is 0.351 e. The molecule has 3 aliphatic rings. The molecular weight excluding hydrogens is 344 g/mol. The van der Waals surface area contributed by atoms with Crippen LogP contribution in [0.1, 0.15) is 18.5 Å². The lowest BCUT2D eigenvalue weighted by Crippen LogP contribution is -2.57. The summed E-state index contributed by atoms with van der Waals surface area (Å²) in [6.45, 7) is 3.39. The fourth-order valence-corrected chi connectivity index (χ4v) is 4.07. The van der Waals surface area contributed by atoms with Crippen molar-refractivity contribution < 1.29 is 4.79 Å². The normalized spacial score (nSPS) is 27.2. The highest BCUT2D eigenvalue weighted by Gasteiger charge is 2.34. The fourth-order valence-electron chi connectivity index (χ4n) is 3.72. The monoisotopic (exact) mass is 362 g/mol. The van der Waals surface area contributed by atoms with Crippen LogP contribution in [0.2, 0.25) is 0 Å². The summed E-state index contributed by atoms with van der Waals surface area (Å²) in [7, 11) is 0. The minimum absolute atomic E-state index is 0.0900. The van der Waals surface area contributed by atoms with E-state index in [0.29, 0.717) is 18.4 Å². The van der Waals surface area contributed by atoms with Gasteiger partial charge in [0.2, 0.25) is 5.91 Å². The molecule has 1 aromatic carbocycles. The highest BCUT2D eigenvalue weighted by Crippen LogP contribution is 2.27. The average molecular weight is 363 g/mol. The Labute approximate surface area is 137 Å². The molecule has 4 heterocycles. The van der Waals surface area contributed by atoms with Crippen molar-refractivity contribution in [2.24, 2.45) is 5.92 Å². The number of nitrogens with one attached hydrogen (secondary N) is 2. The zero-order valence-corrected chi connectivity index (χ0v) is 13.9. The molecule has 1 atom stereocenters. The number of hydrogen-bond donors (Lipinski definition) is 2. The van der Waals surface area contributed by atoms with Gasteiger partial charge in [0.05, 0.1) is 17.6 Å². The summed E-state index contributed by atoms with van der Waals surface area (Å²) >= 11 is 3.44. The molecule has 2 N–H and O–H groups in total. The first-order chi connectivity index (χ1) is 10.7. The first-order valence-corrected chi connectivity index (χ1v) is 8.62. The van der Waals surface area contributed by atoms with Crippen LogP contribution in [-0.2, 0) is 11.2 Å². The summed E-state index contributed by atoms with van der Waals surface area (Å²) in [5, 5.41) is 11.5. The molecule has 2 aromatic rings. The quantitative estimate of drug-likeness (QED) is 0.878. The second-order valence-electron chi connectivity index (χ2n) is 6.35. The summed E-state index contributed by atoms with van der Waals surface area (Å²) in [5.41, 5.74) is 1.78. The van der Waals surface area contributed by atoms with E-state index in [-0.39, 0.29) is 5.91 Å². The van der Waals surface area contributed by atoms with Crippen molar-refractivity contribution in [1.82, 2.24) is 20.4 Å². The summed E-state index contributed by atoms with van der Waals surface area (Å²) in [6.07, 6.45) is 2.79. The maximum atomic E-state index is 12.4. The topological polar surface area (TPSA) is 61.0 Å². The third kappa shape index (κ3) is 2.65. The van der Waals surface area contributed by atoms with E-state index < -0.39 is 0 Å². The fraction of sp³-hybridized carbons (Fsp3) is 0.500. The third-order valence-electron chi connectivity index (χ3n) is 4.94. The number of carbonyl (C=O) groups excluding carboxylic acids is 1. The summed E-state index contributed by atoms with van der Waals surface area (Å²) in [4.78, 5) is 14.8. The van der Waals surface area contributed by atoms with Crippen molar-refractivity contribution in [2.75, 3.05) is 19.6 Å². The van der Waals surface area contributed by atoms with Crippen molar-refractivity contribution in [3.05, 3.63) is 28.4 Å². The molecule has 0 saturated carbocycles. The van der Waals surface area contributed by atoms with Gasteiger partial charge in [-0.25, -0.2) is 0 Å². The number of aromatic amines is 1. The smallest absolute Gasteiger partial charge is 0.226 e.